The van der Waals surface area contributed by atoms with Gasteiger partial charge in [-0.3, -0.25) is 4.79 Å². The molecule has 0 radical (unpaired) electrons. The molecule has 3 rings (SSSR count). The van der Waals surface area contributed by atoms with E-state index in [-0.39, 0.29) is 5.91 Å². The van der Waals surface area contributed by atoms with Gasteiger partial charge in [-0.15, -0.1) is 11.3 Å². The number of nitrogens with one attached hydrogen (secondary N) is 1. The largest absolute Gasteiger partial charge is 0.492 e. The highest BCUT2D eigenvalue weighted by molar-refractivity contribution is 7.09. The maximum Gasteiger partial charge on any atom is 0.251 e. The molecule has 0 atom stereocenters. The maximum atomic E-state index is 12.2. The molecule has 140 valence electrons. The van der Waals surface area contributed by atoms with E-state index in [9.17, 15) is 4.79 Å². The summed E-state index contributed by atoms with van der Waals surface area (Å²) in [6, 6.07) is 14.1. The fraction of sp³-hybridized carbons (Fsp3) is 0.200. The summed E-state index contributed by atoms with van der Waals surface area (Å²) in [4.78, 5) is 16.5. The van der Waals surface area contributed by atoms with Crippen molar-refractivity contribution in [2.75, 3.05) is 13.2 Å². The zero-order valence-corrected chi connectivity index (χ0v) is 16.3. The number of hydrogen-bond acceptors (Lipinski definition) is 5. The summed E-state index contributed by atoms with van der Waals surface area (Å²) in [5.41, 5.74) is 1.47. The summed E-state index contributed by atoms with van der Waals surface area (Å²) in [5, 5.41) is 6.47. The van der Waals surface area contributed by atoms with Crippen molar-refractivity contribution in [2.45, 2.75) is 13.5 Å². The van der Waals surface area contributed by atoms with Gasteiger partial charge in [0, 0.05) is 16.0 Å². The number of ether oxygens (including phenoxy) is 2. The van der Waals surface area contributed by atoms with Crippen LogP contribution < -0.4 is 14.8 Å². The second kappa shape index (κ2) is 9.39. The third kappa shape index (κ3) is 5.98. The first-order valence-corrected chi connectivity index (χ1v) is 9.66. The molecule has 0 saturated carbocycles. The number of nitrogens with zero attached hydrogens (tertiary/aromatic N) is 1. The van der Waals surface area contributed by atoms with Crippen LogP contribution >= 0.6 is 22.9 Å². The quantitative estimate of drug-likeness (QED) is 0.564. The van der Waals surface area contributed by atoms with Crippen molar-refractivity contribution < 1.29 is 14.3 Å². The highest BCUT2D eigenvalue weighted by atomic mass is 35.5. The zero-order valence-electron chi connectivity index (χ0n) is 14.8. The van der Waals surface area contributed by atoms with Crippen LogP contribution in [0, 0.1) is 6.92 Å². The van der Waals surface area contributed by atoms with Crippen molar-refractivity contribution in [3.8, 4) is 11.5 Å². The van der Waals surface area contributed by atoms with Crippen LogP contribution in [0.25, 0.3) is 0 Å². The molecule has 1 aromatic heterocycles. The van der Waals surface area contributed by atoms with Gasteiger partial charge in [0.05, 0.1) is 17.2 Å². The molecule has 0 aliphatic carbocycles. The summed E-state index contributed by atoms with van der Waals surface area (Å²) < 4.78 is 11.2. The summed E-state index contributed by atoms with van der Waals surface area (Å²) in [7, 11) is 0. The number of rotatable bonds is 8. The highest BCUT2D eigenvalue weighted by Crippen LogP contribution is 2.16. The van der Waals surface area contributed by atoms with Crippen molar-refractivity contribution in [2.24, 2.45) is 0 Å². The first kappa shape index (κ1) is 19.2. The molecule has 27 heavy (non-hydrogen) atoms. The van der Waals surface area contributed by atoms with Crippen molar-refractivity contribution in [1.82, 2.24) is 10.3 Å². The number of carbonyl (C=O) groups excluding carboxylic acids is 1. The average Bonchev–Trinajstić information content (AvgIpc) is 3.10. The average molecular weight is 403 g/mol. The molecule has 1 amide bonds. The third-order valence-corrected chi connectivity index (χ3v) is 4.71. The molecule has 0 spiro atoms. The number of hydrogen-bond donors (Lipinski definition) is 1. The molecule has 0 aliphatic rings. The number of benzene rings is 2. The van der Waals surface area contributed by atoms with Gasteiger partial charge in [0.25, 0.3) is 5.91 Å². The van der Waals surface area contributed by atoms with E-state index in [1.54, 1.807) is 59.9 Å². The van der Waals surface area contributed by atoms with Crippen molar-refractivity contribution in [3.05, 3.63) is 75.2 Å². The molecule has 3 aromatic rings. The van der Waals surface area contributed by atoms with E-state index < -0.39 is 0 Å². The van der Waals surface area contributed by atoms with E-state index in [0.29, 0.717) is 41.8 Å². The fourth-order valence-corrected chi connectivity index (χ4v) is 3.02. The first-order chi connectivity index (χ1) is 13.1. The molecule has 1 heterocycles. The number of thiazole rings is 1. The van der Waals surface area contributed by atoms with Crippen LogP contribution in [-0.2, 0) is 6.61 Å². The van der Waals surface area contributed by atoms with E-state index in [1.165, 1.54) is 0 Å². The van der Waals surface area contributed by atoms with Crippen molar-refractivity contribution >= 4 is 28.8 Å². The molecular weight excluding hydrogens is 384 g/mol. The molecule has 0 unspecified atom stereocenters. The summed E-state index contributed by atoms with van der Waals surface area (Å²) in [5.74, 6) is 1.25. The number of halogens is 1. The van der Waals surface area contributed by atoms with Crippen molar-refractivity contribution in [1.29, 1.82) is 0 Å². The Balaban J connectivity index is 1.41. The molecule has 1 N–H and O–H groups in total. The standard InChI is InChI=1S/C20H19ClN2O3S/c1-14-23-17(13-27-14)12-26-19-6-2-15(3-7-19)20(24)22-10-11-25-18-8-4-16(21)5-9-18/h2-9,13H,10-12H2,1H3,(H,22,24). The highest BCUT2D eigenvalue weighted by Gasteiger charge is 2.06. The molecule has 7 heteroatoms. The minimum atomic E-state index is -0.156. The van der Waals surface area contributed by atoms with Crippen LogP contribution in [0.4, 0.5) is 0 Å². The molecule has 0 fully saturated rings. The van der Waals surface area contributed by atoms with Gasteiger partial charge >= 0.3 is 0 Å². The Hall–Kier alpha value is -2.57. The maximum absolute atomic E-state index is 12.2. The third-order valence-electron chi connectivity index (χ3n) is 3.64. The number of aromatic nitrogens is 1. The lowest BCUT2D eigenvalue weighted by Crippen LogP contribution is -2.28. The lowest BCUT2D eigenvalue weighted by atomic mass is 10.2. The first-order valence-electron chi connectivity index (χ1n) is 8.40. The number of carbonyl (C=O) groups is 1. The minimum absolute atomic E-state index is 0.156. The second-order valence-electron chi connectivity index (χ2n) is 5.73. The Labute approximate surface area is 166 Å². The van der Waals surface area contributed by atoms with E-state index in [4.69, 9.17) is 21.1 Å². The molecule has 0 aliphatic heterocycles. The topological polar surface area (TPSA) is 60.5 Å². The molecule has 0 bridgehead atoms. The van der Waals surface area contributed by atoms with Gasteiger partial charge in [-0.2, -0.15) is 0 Å². The van der Waals surface area contributed by atoms with E-state index in [2.05, 4.69) is 10.3 Å². The Morgan fingerprint density at radius 1 is 1.07 bits per heavy atom. The molecule has 5 nitrogen and oxygen atoms in total. The number of amides is 1. The summed E-state index contributed by atoms with van der Waals surface area (Å²) in [6.07, 6.45) is 0. The Morgan fingerprint density at radius 3 is 2.41 bits per heavy atom. The smallest absolute Gasteiger partial charge is 0.251 e. The Bertz CT molecular complexity index is 879. The number of aryl methyl sites for hydroxylation is 1. The predicted molar refractivity (Wildman–Crippen MR) is 107 cm³/mol. The summed E-state index contributed by atoms with van der Waals surface area (Å²) in [6.45, 7) is 3.16. The Kier molecular flexibility index (Phi) is 6.68. The van der Waals surface area contributed by atoms with Crippen LogP contribution in [-0.4, -0.2) is 24.0 Å². The van der Waals surface area contributed by atoms with Gasteiger partial charge in [0.15, 0.2) is 0 Å². The van der Waals surface area contributed by atoms with Gasteiger partial charge < -0.3 is 14.8 Å². The van der Waals surface area contributed by atoms with Crippen LogP contribution in [0.5, 0.6) is 11.5 Å². The van der Waals surface area contributed by atoms with Gasteiger partial charge in [-0.25, -0.2) is 4.98 Å². The fourth-order valence-electron chi connectivity index (χ4n) is 2.30. The van der Waals surface area contributed by atoms with E-state index >= 15 is 0 Å². The van der Waals surface area contributed by atoms with E-state index in [0.717, 1.165) is 10.7 Å². The Morgan fingerprint density at radius 2 is 1.74 bits per heavy atom. The monoisotopic (exact) mass is 402 g/mol. The second-order valence-corrected chi connectivity index (χ2v) is 7.23. The molecule has 0 saturated heterocycles. The zero-order chi connectivity index (χ0) is 19.1. The predicted octanol–water partition coefficient (Wildman–Crippen LogP) is 4.49. The van der Waals surface area contributed by atoms with Crippen LogP contribution in [0.15, 0.2) is 53.9 Å². The SMILES string of the molecule is Cc1nc(COc2ccc(C(=O)NCCOc3ccc(Cl)cc3)cc2)cs1. The van der Waals surface area contributed by atoms with Crippen molar-refractivity contribution in [3.63, 3.8) is 0 Å². The van der Waals surface area contributed by atoms with Crippen LogP contribution in [0.2, 0.25) is 5.02 Å². The van der Waals surface area contributed by atoms with Gasteiger partial charge in [0.1, 0.15) is 24.7 Å². The lowest BCUT2D eigenvalue weighted by Gasteiger charge is -2.09. The van der Waals surface area contributed by atoms with Crippen LogP contribution in [0.1, 0.15) is 21.1 Å². The molecular formula is C20H19ClN2O3S. The summed E-state index contributed by atoms with van der Waals surface area (Å²) >= 11 is 7.42. The minimum Gasteiger partial charge on any atom is -0.492 e. The van der Waals surface area contributed by atoms with E-state index in [1.807, 2.05) is 12.3 Å². The van der Waals surface area contributed by atoms with Crippen LogP contribution in [0.3, 0.4) is 0 Å². The van der Waals surface area contributed by atoms with Gasteiger partial charge in [-0.05, 0) is 55.5 Å². The lowest BCUT2D eigenvalue weighted by molar-refractivity contribution is 0.0947. The van der Waals surface area contributed by atoms with Gasteiger partial charge in [0.2, 0.25) is 0 Å². The molecule has 2 aromatic carbocycles. The van der Waals surface area contributed by atoms with Gasteiger partial charge in [-0.1, -0.05) is 11.6 Å². The normalized spacial score (nSPS) is 10.4.